The SMILES string of the molecule is Cc1cc(Cl)ccc1C1SC(C)C(=O)Nc2n[nH]c(-c3ccccn3)c21. The minimum atomic E-state index is -0.208. The van der Waals surface area contributed by atoms with E-state index in [1.54, 1.807) is 18.0 Å². The fourth-order valence-electron chi connectivity index (χ4n) is 3.12. The number of H-pyrrole nitrogens is 1. The maximum atomic E-state index is 12.4. The van der Waals surface area contributed by atoms with Gasteiger partial charge in [-0.15, -0.1) is 11.8 Å². The summed E-state index contributed by atoms with van der Waals surface area (Å²) in [5.41, 5.74) is 4.75. The van der Waals surface area contributed by atoms with Gasteiger partial charge in [0.2, 0.25) is 5.91 Å². The molecule has 1 aliphatic heterocycles. The van der Waals surface area contributed by atoms with Gasteiger partial charge >= 0.3 is 0 Å². The summed E-state index contributed by atoms with van der Waals surface area (Å²) in [6.07, 6.45) is 1.75. The number of carbonyl (C=O) groups is 1. The van der Waals surface area contributed by atoms with Gasteiger partial charge in [0, 0.05) is 16.8 Å². The first-order valence-corrected chi connectivity index (χ1v) is 9.58. The van der Waals surface area contributed by atoms with E-state index in [9.17, 15) is 4.79 Å². The summed E-state index contributed by atoms with van der Waals surface area (Å²) in [6, 6.07) is 11.6. The number of carbonyl (C=O) groups excluding carboxylic acids is 1. The number of halogens is 1. The quantitative estimate of drug-likeness (QED) is 0.677. The highest BCUT2D eigenvalue weighted by Gasteiger charge is 2.34. The van der Waals surface area contributed by atoms with Crippen molar-refractivity contribution < 1.29 is 4.79 Å². The number of pyridine rings is 1. The molecule has 4 rings (SSSR count). The number of aryl methyl sites for hydroxylation is 1. The number of hydrogen-bond acceptors (Lipinski definition) is 4. The smallest absolute Gasteiger partial charge is 0.238 e. The number of fused-ring (bicyclic) bond motifs is 1. The summed E-state index contributed by atoms with van der Waals surface area (Å²) >= 11 is 7.75. The van der Waals surface area contributed by atoms with Crippen molar-refractivity contribution in [1.82, 2.24) is 15.2 Å². The molecule has 3 heterocycles. The summed E-state index contributed by atoms with van der Waals surface area (Å²) in [5, 5.41) is 10.8. The third-order valence-corrected chi connectivity index (χ3v) is 6.07. The van der Waals surface area contributed by atoms with E-state index in [1.807, 2.05) is 50.2 Å². The first-order valence-electron chi connectivity index (χ1n) is 8.26. The zero-order chi connectivity index (χ0) is 18.3. The molecule has 1 amide bonds. The van der Waals surface area contributed by atoms with Crippen LogP contribution in [-0.2, 0) is 4.79 Å². The average Bonchev–Trinajstić information content (AvgIpc) is 2.99. The van der Waals surface area contributed by atoms with E-state index in [2.05, 4.69) is 20.5 Å². The van der Waals surface area contributed by atoms with Crippen LogP contribution in [0.2, 0.25) is 5.02 Å². The minimum Gasteiger partial charge on any atom is -0.308 e. The van der Waals surface area contributed by atoms with Gasteiger partial charge in [-0.1, -0.05) is 23.7 Å². The highest BCUT2D eigenvalue weighted by Crippen LogP contribution is 2.47. The molecular formula is C19H17ClN4OS. The summed E-state index contributed by atoms with van der Waals surface area (Å²) < 4.78 is 0. The highest BCUT2D eigenvalue weighted by atomic mass is 35.5. The van der Waals surface area contributed by atoms with Crippen LogP contribution in [0, 0.1) is 6.92 Å². The summed E-state index contributed by atoms with van der Waals surface area (Å²) in [7, 11) is 0. The number of nitrogens with zero attached hydrogens (tertiary/aromatic N) is 2. The van der Waals surface area contributed by atoms with Crippen LogP contribution >= 0.6 is 23.4 Å². The molecule has 2 unspecified atom stereocenters. The number of aromatic amines is 1. The predicted molar refractivity (Wildman–Crippen MR) is 106 cm³/mol. The Morgan fingerprint density at radius 3 is 2.81 bits per heavy atom. The fraction of sp³-hybridized carbons (Fsp3) is 0.211. The number of nitrogens with one attached hydrogen (secondary N) is 2. The Balaban J connectivity index is 1.92. The Bertz CT molecular complexity index is 973. The van der Waals surface area contributed by atoms with Crippen molar-refractivity contribution in [2.75, 3.05) is 5.32 Å². The molecule has 2 N–H and O–H groups in total. The number of thioether (sulfide) groups is 1. The first kappa shape index (κ1) is 17.1. The van der Waals surface area contributed by atoms with Crippen LogP contribution in [0.4, 0.5) is 5.82 Å². The number of benzene rings is 1. The van der Waals surface area contributed by atoms with Gasteiger partial charge in [0.15, 0.2) is 5.82 Å². The number of hydrogen-bond donors (Lipinski definition) is 2. The zero-order valence-corrected chi connectivity index (χ0v) is 15.9. The molecule has 1 aliphatic rings. The van der Waals surface area contributed by atoms with Crippen molar-refractivity contribution in [3.63, 3.8) is 0 Å². The van der Waals surface area contributed by atoms with Crippen LogP contribution in [0.15, 0.2) is 42.6 Å². The lowest BCUT2D eigenvalue weighted by atomic mass is 9.98. The van der Waals surface area contributed by atoms with Crippen molar-refractivity contribution in [1.29, 1.82) is 0 Å². The third kappa shape index (κ3) is 2.99. The van der Waals surface area contributed by atoms with Crippen LogP contribution in [0.25, 0.3) is 11.4 Å². The van der Waals surface area contributed by atoms with E-state index in [0.717, 1.165) is 28.1 Å². The predicted octanol–water partition coefficient (Wildman–Crippen LogP) is 4.60. The van der Waals surface area contributed by atoms with Gasteiger partial charge in [-0.2, -0.15) is 5.10 Å². The molecule has 0 fully saturated rings. The van der Waals surface area contributed by atoms with E-state index in [-0.39, 0.29) is 16.4 Å². The average molecular weight is 385 g/mol. The van der Waals surface area contributed by atoms with E-state index < -0.39 is 0 Å². The molecule has 0 saturated heterocycles. The van der Waals surface area contributed by atoms with Crippen molar-refractivity contribution in [2.24, 2.45) is 0 Å². The van der Waals surface area contributed by atoms with Gasteiger partial charge in [0.1, 0.15) is 0 Å². The Hall–Kier alpha value is -2.31. The van der Waals surface area contributed by atoms with Crippen LogP contribution < -0.4 is 5.32 Å². The van der Waals surface area contributed by atoms with Crippen molar-refractivity contribution in [2.45, 2.75) is 24.3 Å². The summed E-state index contributed by atoms with van der Waals surface area (Å²) in [6.45, 7) is 3.95. The van der Waals surface area contributed by atoms with Gasteiger partial charge < -0.3 is 5.32 Å². The molecule has 1 aromatic carbocycles. The molecular weight excluding hydrogens is 368 g/mol. The molecule has 0 radical (unpaired) electrons. The number of amides is 1. The van der Waals surface area contributed by atoms with Crippen molar-refractivity contribution in [3.8, 4) is 11.4 Å². The monoisotopic (exact) mass is 384 g/mol. The standard InChI is InChI=1S/C19H17ClN4OS/c1-10-9-12(20)6-7-13(10)17-15-16(14-5-3-4-8-21-14)23-24-18(15)22-19(25)11(2)26-17/h3-9,11,17H,1-2H3,(H2,22,23,24,25). The molecule has 0 bridgehead atoms. The Morgan fingerprint density at radius 1 is 1.23 bits per heavy atom. The molecule has 5 nitrogen and oxygen atoms in total. The molecule has 0 saturated carbocycles. The highest BCUT2D eigenvalue weighted by molar-refractivity contribution is 8.01. The topological polar surface area (TPSA) is 70.7 Å². The fourth-order valence-corrected chi connectivity index (χ4v) is 4.72. The van der Waals surface area contributed by atoms with E-state index in [0.29, 0.717) is 10.8 Å². The van der Waals surface area contributed by atoms with Crippen molar-refractivity contribution >= 4 is 35.1 Å². The molecule has 0 spiro atoms. The Kier molecular flexibility index (Phi) is 4.46. The maximum Gasteiger partial charge on any atom is 0.238 e. The molecule has 2 aromatic heterocycles. The molecule has 132 valence electrons. The van der Waals surface area contributed by atoms with E-state index >= 15 is 0 Å². The second-order valence-corrected chi connectivity index (χ2v) is 8.11. The number of rotatable bonds is 2. The molecule has 7 heteroatoms. The Morgan fingerprint density at radius 2 is 2.08 bits per heavy atom. The van der Waals surface area contributed by atoms with Crippen LogP contribution in [0.5, 0.6) is 0 Å². The largest absolute Gasteiger partial charge is 0.308 e. The Labute approximate surface area is 160 Å². The number of aromatic nitrogens is 3. The molecule has 2 atom stereocenters. The van der Waals surface area contributed by atoms with Crippen LogP contribution in [-0.4, -0.2) is 26.3 Å². The van der Waals surface area contributed by atoms with E-state index in [4.69, 9.17) is 11.6 Å². The molecule has 26 heavy (non-hydrogen) atoms. The zero-order valence-electron chi connectivity index (χ0n) is 14.3. The summed E-state index contributed by atoms with van der Waals surface area (Å²) in [4.78, 5) is 16.9. The lowest BCUT2D eigenvalue weighted by Gasteiger charge is -2.20. The minimum absolute atomic E-state index is 0.0514. The van der Waals surface area contributed by atoms with Crippen molar-refractivity contribution in [3.05, 3.63) is 64.3 Å². The molecule has 3 aromatic rings. The second-order valence-electron chi connectivity index (χ2n) is 6.22. The first-order chi connectivity index (χ1) is 12.5. The van der Waals surface area contributed by atoms with E-state index in [1.165, 1.54) is 0 Å². The lowest BCUT2D eigenvalue weighted by Crippen LogP contribution is -2.21. The van der Waals surface area contributed by atoms with Gasteiger partial charge in [-0.05, 0) is 49.2 Å². The van der Waals surface area contributed by atoms with Gasteiger partial charge in [-0.3, -0.25) is 14.9 Å². The van der Waals surface area contributed by atoms with Crippen LogP contribution in [0.3, 0.4) is 0 Å². The lowest BCUT2D eigenvalue weighted by molar-refractivity contribution is -0.115. The maximum absolute atomic E-state index is 12.4. The second kappa shape index (κ2) is 6.78. The number of anilines is 1. The van der Waals surface area contributed by atoms with Gasteiger partial charge in [0.25, 0.3) is 0 Å². The van der Waals surface area contributed by atoms with Gasteiger partial charge in [-0.25, -0.2) is 0 Å². The third-order valence-electron chi connectivity index (χ3n) is 4.45. The summed E-state index contributed by atoms with van der Waals surface area (Å²) in [5.74, 6) is 0.510. The van der Waals surface area contributed by atoms with Gasteiger partial charge in [0.05, 0.1) is 21.9 Å². The molecule has 0 aliphatic carbocycles. The normalized spacial score (nSPS) is 19.6. The van der Waals surface area contributed by atoms with Crippen LogP contribution in [0.1, 0.15) is 28.9 Å².